The molecule has 0 spiro atoms. The summed E-state index contributed by atoms with van der Waals surface area (Å²) < 4.78 is 37.5. The van der Waals surface area contributed by atoms with Crippen LogP contribution in [0, 0.1) is 0 Å². The summed E-state index contributed by atoms with van der Waals surface area (Å²) in [4.78, 5) is 12.8. The standard InChI is InChI=1S/C10H12F3N3O2S/c1-9(7(17)18)4-2-3-5-16(9)8-15-14-6(19-8)10(11,12)13/h2-5H2,1H3,(H,17,18). The SMILES string of the molecule is CC1(C(=O)O)CCCCN1c1nnc(C(F)(F)F)s1. The number of carbonyl (C=O) groups is 1. The number of anilines is 1. The van der Waals surface area contributed by atoms with Gasteiger partial charge in [-0.2, -0.15) is 13.2 Å². The number of halogens is 3. The van der Waals surface area contributed by atoms with E-state index in [-0.39, 0.29) is 5.13 Å². The first kappa shape index (κ1) is 14.0. The van der Waals surface area contributed by atoms with Gasteiger partial charge in [0.1, 0.15) is 5.54 Å². The Balaban J connectivity index is 2.33. The maximum absolute atomic E-state index is 12.5. The fourth-order valence-electron chi connectivity index (χ4n) is 2.09. The van der Waals surface area contributed by atoms with Crippen LogP contribution < -0.4 is 4.90 Å². The first-order valence-electron chi connectivity index (χ1n) is 5.67. The molecule has 1 aromatic heterocycles. The summed E-state index contributed by atoms with van der Waals surface area (Å²) in [5.41, 5.74) is -1.22. The van der Waals surface area contributed by atoms with Crippen LogP contribution in [-0.2, 0) is 11.0 Å². The Morgan fingerprint density at radius 1 is 1.42 bits per heavy atom. The van der Waals surface area contributed by atoms with Gasteiger partial charge in [0, 0.05) is 6.54 Å². The minimum atomic E-state index is -4.55. The number of hydrogen-bond acceptors (Lipinski definition) is 5. The predicted molar refractivity (Wildman–Crippen MR) is 62.1 cm³/mol. The summed E-state index contributed by atoms with van der Waals surface area (Å²) in [7, 11) is 0. The monoisotopic (exact) mass is 295 g/mol. The molecular formula is C10H12F3N3O2S. The Morgan fingerprint density at radius 3 is 2.63 bits per heavy atom. The lowest BCUT2D eigenvalue weighted by molar-refractivity contribution is -0.143. The smallest absolute Gasteiger partial charge is 0.445 e. The van der Waals surface area contributed by atoms with Crippen molar-refractivity contribution < 1.29 is 23.1 Å². The highest BCUT2D eigenvalue weighted by Crippen LogP contribution is 2.39. The molecule has 9 heteroatoms. The van der Waals surface area contributed by atoms with Crippen LogP contribution >= 0.6 is 11.3 Å². The van der Waals surface area contributed by atoms with Crippen LogP contribution in [-0.4, -0.2) is 33.4 Å². The number of aromatic nitrogens is 2. The van der Waals surface area contributed by atoms with Crippen molar-refractivity contribution >= 4 is 22.4 Å². The van der Waals surface area contributed by atoms with Crippen LogP contribution in [0.15, 0.2) is 0 Å². The van der Waals surface area contributed by atoms with Gasteiger partial charge in [0.2, 0.25) is 10.1 Å². The average molecular weight is 295 g/mol. The number of hydrogen-bond donors (Lipinski definition) is 1. The van der Waals surface area contributed by atoms with Crippen LogP contribution in [0.1, 0.15) is 31.2 Å². The quantitative estimate of drug-likeness (QED) is 0.907. The zero-order valence-corrected chi connectivity index (χ0v) is 10.9. The fraction of sp³-hybridized carbons (Fsp3) is 0.700. The number of alkyl halides is 3. The summed E-state index contributed by atoms with van der Waals surface area (Å²) in [6.07, 6.45) is -2.72. The zero-order chi connectivity index (χ0) is 14.3. The third-order valence-corrected chi connectivity index (χ3v) is 4.23. The maximum atomic E-state index is 12.5. The summed E-state index contributed by atoms with van der Waals surface area (Å²) in [5, 5.41) is 14.8. The lowest BCUT2D eigenvalue weighted by Gasteiger charge is -2.41. The van der Waals surface area contributed by atoms with Crippen LogP contribution in [0.2, 0.25) is 0 Å². The molecule has 1 atom stereocenters. The predicted octanol–water partition coefficient (Wildman–Crippen LogP) is 2.39. The van der Waals surface area contributed by atoms with Crippen molar-refractivity contribution in [1.29, 1.82) is 0 Å². The minimum Gasteiger partial charge on any atom is -0.480 e. The average Bonchev–Trinajstić information content (AvgIpc) is 2.78. The Bertz CT molecular complexity index is 491. The van der Waals surface area contributed by atoms with E-state index in [4.69, 9.17) is 0 Å². The van der Waals surface area contributed by atoms with E-state index in [2.05, 4.69) is 10.2 Å². The molecule has 0 aromatic carbocycles. The molecule has 1 aliphatic heterocycles. The van der Waals surface area contributed by atoms with Crippen molar-refractivity contribution in [3.05, 3.63) is 5.01 Å². The molecule has 106 valence electrons. The zero-order valence-electron chi connectivity index (χ0n) is 10.1. The molecule has 1 aromatic rings. The van der Waals surface area contributed by atoms with Gasteiger partial charge in [-0.25, -0.2) is 4.79 Å². The molecule has 1 fully saturated rings. The highest BCUT2D eigenvalue weighted by molar-refractivity contribution is 7.15. The molecule has 1 unspecified atom stereocenters. The van der Waals surface area contributed by atoms with Crippen molar-refractivity contribution in [3.8, 4) is 0 Å². The molecule has 1 aliphatic rings. The van der Waals surface area contributed by atoms with Gasteiger partial charge in [-0.15, -0.1) is 10.2 Å². The van der Waals surface area contributed by atoms with Gasteiger partial charge in [0.25, 0.3) is 0 Å². The van der Waals surface area contributed by atoms with Crippen molar-refractivity contribution in [2.75, 3.05) is 11.4 Å². The van der Waals surface area contributed by atoms with Gasteiger partial charge in [-0.1, -0.05) is 11.3 Å². The summed E-state index contributed by atoms with van der Waals surface area (Å²) >= 11 is 0.381. The van der Waals surface area contributed by atoms with Gasteiger partial charge in [-0.05, 0) is 26.2 Å². The van der Waals surface area contributed by atoms with Gasteiger partial charge < -0.3 is 10.0 Å². The summed E-state index contributed by atoms with van der Waals surface area (Å²) in [5.74, 6) is -1.06. The van der Waals surface area contributed by atoms with E-state index in [1.807, 2.05) is 0 Å². The van der Waals surface area contributed by atoms with Crippen molar-refractivity contribution in [3.63, 3.8) is 0 Å². The normalized spacial score (nSPS) is 24.5. The molecule has 0 saturated carbocycles. The number of carboxylic acids is 1. The van der Waals surface area contributed by atoms with E-state index >= 15 is 0 Å². The molecule has 0 amide bonds. The molecule has 1 saturated heterocycles. The van der Waals surface area contributed by atoms with E-state index in [0.717, 1.165) is 12.8 Å². The largest absolute Gasteiger partial charge is 0.480 e. The Morgan fingerprint density at radius 2 is 2.11 bits per heavy atom. The molecule has 2 rings (SSSR count). The van der Waals surface area contributed by atoms with E-state index in [1.54, 1.807) is 0 Å². The Labute approximate surface area is 111 Å². The van der Waals surface area contributed by atoms with E-state index in [1.165, 1.54) is 11.8 Å². The van der Waals surface area contributed by atoms with Crippen molar-refractivity contribution in [2.24, 2.45) is 0 Å². The molecular weight excluding hydrogens is 283 g/mol. The van der Waals surface area contributed by atoms with Crippen LogP contribution in [0.3, 0.4) is 0 Å². The van der Waals surface area contributed by atoms with Crippen molar-refractivity contribution in [2.45, 2.75) is 37.9 Å². The molecule has 0 bridgehead atoms. The first-order chi connectivity index (χ1) is 8.75. The van der Waals surface area contributed by atoms with Crippen LogP contribution in [0.4, 0.5) is 18.3 Å². The van der Waals surface area contributed by atoms with Gasteiger partial charge in [0.05, 0.1) is 0 Å². The maximum Gasteiger partial charge on any atom is 0.445 e. The van der Waals surface area contributed by atoms with Crippen LogP contribution in [0.25, 0.3) is 0 Å². The second-order valence-electron chi connectivity index (χ2n) is 4.58. The Kier molecular flexibility index (Phi) is 3.41. The molecule has 0 radical (unpaired) electrons. The third-order valence-electron chi connectivity index (χ3n) is 3.24. The molecule has 5 nitrogen and oxygen atoms in total. The fourth-order valence-corrected chi connectivity index (χ4v) is 2.94. The molecule has 1 N–H and O–H groups in total. The highest BCUT2D eigenvalue weighted by Gasteiger charge is 2.44. The minimum absolute atomic E-state index is 0.0110. The number of carboxylic acid groups (broad SMARTS) is 1. The number of piperidine rings is 1. The number of nitrogens with zero attached hydrogens (tertiary/aromatic N) is 3. The molecule has 0 aliphatic carbocycles. The third kappa shape index (κ3) is 2.51. The molecule has 2 heterocycles. The second-order valence-corrected chi connectivity index (χ2v) is 5.53. The number of aliphatic carboxylic acids is 1. The van der Waals surface area contributed by atoms with E-state index in [0.29, 0.717) is 24.3 Å². The van der Waals surface area contributed by atoms with E-state index < -0.39 is 22.7 Å². The van der Waals surface area contributed by atoms with Gasteiger partial charge >= 0.3 is 12.1 Å². The van der Waals surface area contributed by atoms with Crippen LogP contribution in [0.5, 0.6) is 0 Å². The lowest BCUT2D eigenvalue weighted by Crippen LogP contribution is -2.55. The van der Waals surface area contributed by atoms with E-state index in [9.17, 15) is 23.1 Å². The first-order valence-corrected chi connectivity index (χ1v) is 6.48. The van der Waals surface area contributed by atoms with Gasteiger partial charge in [-0.3, -0.25) is 0 Å². The van der Waals surface area contributed by atoms with Crippen molar-refractivity contribution in [1.82, 2.24) is 10.2 Å². The lowest BCUT2D eigenvalue weighted by atomic mass is 9.89. The van der Waals surface area contributed by atoms with Gasteiger partial charge in [0.15, 0.2) is 0 Å². The second kappa shape index (κ2) is 4.62. The topological polar surface area (TPSA) is 66.3 Å². The Hall–Kier alpha value is -1.38. The summed E-state index contributed by atoms with van der Waals surface area (Å²) in [6.45, 7) is 1.87. The summed E-state index contributed by atoms with van der Waals surface area (Å²) in [6, 6.07) is 0. The number of rotatable bonds is 2. The highest BCUT2D eigenvalue weighted by atomic mass is 32.1. The molecule has 19 heavy (non-hydrogen) atoms.